The van der Waals surface area contributed by atoms with Crippen LogP contribution in [0.3, 0.4) is 0 Å². The van der Waals surface area contributed by atoms with Crippen LogP contribution < -0.4 is 30.6 Å². The van der Waals surface area contributed by atoms with Crippen molar-refractivity contribution in [3.05, 3.63) is 296 Å². The Morgan fingerprint density at radius 2 is 0.828 bits per heavy atom. The van der Waals surface area contributed by atoms with Gasteiger partial charge in [-0.3, -0.25) is 4.40 Å². The van der Waals surface area contributed by atoms with E-state index in [4.69, 9.17) is 15.0 Å². The van der Waals surface area contributed by atoms with Gasteiger partial charge in [0.05, 0.1) is 27.8 Å². The fourth-order valence-corrected chi connectivity index (χ4v) is 14.0. The largest absolute Gasteiger partial charge is 0.416 e. The van der Waals surface area contributed by atoms with Gasteiger partial charge >= 0.3 is 20.9 Å². The molecule has 0 amide bonds. The van der Waals surface area contributed by atoms with Gasteiger partial charge in [0.1, 0.15) is 0 Å². The maximum absolute atomic E-state index is 5.68. The van der Waals surface area contributed by atoms with Crippen LogP contribution in [0.2, 0.25) is 0 Å². The minimum absolute atomic E-state index is 0.226. The van der Waals surface area contributed by atoms with Gasteiger partial charge in [0.15, 0.2) is 0 Å². The van der Waals surface area contributed by atoms with E-state index in [0.29, 0.717) is 5.95 Å². The van der Waals surface area contributed by atoms with Gasteiger partial charge in [0.2, 0.25) is 11.7 Å². The molecule has 2 aliphatic rings. The van der Waals surface area contributed by atoms with Crippen molar-refractivity contribution in [2.45, 2.75) is 33.1 Å². The Kier molecular flexibility index (Phi) is 12.5. The Balaban J connectivity index is 0.926. The van der Waals surface area contributed by atoms with Crippen LogP contribution in [0.1, 0.15) is 31.9 Å². The zero-order valence-corrected chi connectivity index (χ0v) is 48.9. The molecule has 0 spiro atoms. The topological polar surface area (TPSA) is 57.7 Å². The lowest BCUT2D eigenvalue weighted by Gasteiger charge is -2.57. The van der Waals surface area contributed by atoms with Gasteiger partial charge in [0, 0.05) is 34.4 Å². The molecule has 11 aromatic carbocycles. The highest BCUT2D eigenvalue weighted by molar-refractivity contribution is 7.14. The molecule has 1 saturated heterocycles. The summed E-state index contributed by atoms with van der Waals surface area (Å²) in [6.07, 6.45) is 2.03. The highest BCUT2D eigenvalue weighted by Crippen LogP contribution is 2.49. The van der Waals surface area contributed by atoms with Crippen molar-refractivity contribution in [3.63, 3.8) is 0 Å². The summed E-state index contributed by atoms with van der Waals surface area (Å²) in [5.74, 6) is 1.34. The maximum Gasteiger partial charge on any atom is 0.388 e. The first-order valence-corrected chi connectivity index (χ1v) is 30.1. The Hall–Kier alpha value is -10.6. The number of imidazole rings is 2. The summed E-state index contributed by atoms with van der Waals surface area (Å²) in [6, 6.07) is 102. The molecule has 14 aromatic rings. The SMILES string of the molecule is Cc1cccc2c1nc1n(-c3ncc4c(n3)-c3ccccc3-c3cc(-c5cc(B6N(c7ccccc7)B(c7ccccc7)N(c7ccccc7)B(c7ccccc7)N6c6ccccc6)ccc5C(C)(C)C)ccc3-c3ccccc3-4)c3ccccc3n21. The summed E-state index contributed by atoms with van der Waals surface area (Å²) in [4.78, 5) is 16.3. The van der Waals surface area contributed by atoms with Crippen LogP contribution >= 0.6 is 0 Å². The van der Waals surface area contributed by atoms with Crippen molar-refractivity contribution in [2.75, 3.05) is 14.2 Å². The Bertz CT molecular complexity index is 4820. The highest BCUT2D eigenvalue weighted by atomic mass is 15.3. The van der Waals surface area contributed by atoms with E-state index in [-0.39, 0.29) is 26.4 Å². The first-order chi connectivity index (χ1) is 42.8. The monoisotopic (exact) mass is 1120 g/mol. The van der Waals surface area contributed by atoms with Crippen LogP contribution in [0, 0.1) is 6.92 Å². The van der Waals surface area contributed by atoms with Gasteiger partial charge in [-0.25, -0.2) is 19.5 Å². The molecular formula is C76H59B3N8. The van der Waals surface area contributed by atoms with Gasteiger partial charge in [0.25, 0.3) is 0 Å². The van der Waals surface area contributed by atoms with Crippen LogP contribution in [-0.4, -0.2) is 44.9 Å². The Morgan fingerprint density at radius 3 is 1.40 bits per heavy atom. The average Bonchev–Trinajstić information content (AvgIpc) is 1.80. The Morgan fingerprint density at radius 1 is 0.356 bits per heavy atom. The number of aryl methyl sites for hydroxylation is 1. The van der Waals surface area contributed by atoms with E-state index in [0.717, 1.165) is 101 Å². The van der Waals surface area contributed by atoms with E-state index in [9.17, 15) is 0 Å². The molecule has 8 nitrogen and oxygen atoms in total. The fraction of sp³-hybridized carbons (Fsp3) is 0.0658. The number of fused-ring (bicyclic) bond motifs is 13. The lowest BCUT2D eigenvalue weighted by molar-refractivity contribution is 0.592. The van der Waals surface area contributed by atoms with Crippen molar-refractivity contribution in [1.29, 1.82) is 0 Å². The summed E-state index contributed by atoms with van der Waals surface area (Å²) < 4.78 is 12.3. The molecule has 11 heteroatoms. The van der Waals surface area contributed by atoms with E-state index in [1.807, 2.05) is 6.20 Å². The van der Waals surface area contributed by atoms with Crippen LogP contribution in [-0.2, 0) is 5.41 Å². The van der Waals surface area contributed by atoms with Gasteiger partial charge in [-0.2, -0.15) is 0 Å². The molecule has 0 bridgehead atoms. The third-order valence-electron chi connectivity index (χ3n) is 17.8. The third-order valence-corrected chi connectivity index (χ3v) is 17.8. The summed E-state index contributed by atoms with van der Waals surface area (Å²) in [7, 11) is 0. The number of para-hydroxylation sites is 6. The molecule has 0 unspecified atom stereocenters. The lowest BCUT2D eigenvalue weighted by atomic mass is 9.37. The van der Waals surface area contributed by atoms with E-state index >= 15 is 0 Å². The van der Waals surface area contributed by atoms with Gasteiger partial charge in [-0.15, -0.1) is 0 Å². The van der Waals surface area contributed by atoms with Crippen LogP contribution in [0.25, 0.3) is 89.6 Å². The van der Waals surface area contributed by atoms with Crippen molar-refractivity contribution in [1.82, 2.24) is 23.9 Å². The number of nitrogens with zero attached hydrogens (tertiary/aromatic N) is 8. The molecule has 0 N–H and O–H groups in total. The molecule has 87 heavy (non-hydrogen) atoms. The number of aromatic nitrogens is 5. The van der Waals surface area contributed by atoms with Crippen molar-refractivity contribution < 1.29 is 0 Å². The number of hydrogen-bond acceptors (Lipinski definition) is 6. The first kappa shape index (κ1) is 52.0. The van der Waals surface area contributed by atoms with Crippen LogP contribution in [0.4, 0.5) is 17.1 Å². The molecule has 4 heterocycles. The maximum atomic E-state index is 5.68. The summed E-state index contributed by atoms with van der Waals surface area (Å²) in [5.41, 5.74) is 23.9. The minimum Gasteiger partial charge on any atom is -0.416 e. The van der Waals surface area contributed by atoms with Gasteiger partial charge in [-0.05, 0) is 139 Å². The molecular weight excluding hydrogens is 1060 g/mol. The van der Waals surface area contributed by atoms with Gasteiger partial charge < -0.3 is 14.2 Å². The quantitative estimate of drug-likeness (QED) is 0.141. The van der Waals surface area contributed by atoms with Crippen molar-refractivity contribution >= 4 is 82.2 Å². The summed E-state index contributed by atoms with van der Waals surface area (Å²) in [5, 5.41) is 0. The molecule has 16 rings (SSSR count). The number of rotatable bonds is 8. The molecule has 1 aliphatic heterocycles. The molecule has 3 aromatic heterocycles. The average molecular weight is 1120 g/mol. The molecule has 0 atom stereocenters. The molecule has 412 valence electrons. The second-order valence-electron chi connectivity index (χ2n) is 24.0. The Labute approximate surface area is 508 Å². The van der Waals surface area contributed by atoms with Crippen LogP contribution in [0.5, 0.6) is 0 Å². The van der Waals surface area contributed by atoms with E-state index in [1.54, 1.807) is 0 Å². The standard InChI is InChI=1S/C76H59B3N8/c1-52-27-26-44-71-72(52)82-75-83(71)69-42-24-25-43-70(69)84(75)74-80-51-67-61-39-21-20-38-60(61)63-47-45-53(49-66(63)62-40-22-23-41-64(62)73(67)81-74)65-50-56(46-48-68(65)76(2,3)4)79-86(58-34-16-8-17-35-58)77(54-28-10-5-11-29-54)85(57-32-14-7-15-33-57)78(55-30-12-6-13-31-55)87(79)59-36-18-9-19-37-59/h5-51H,1-4H3. The molecule has 0 saturated carbocycles. The van der Waals surface area contributed by atoms with Crippen molar-refractivity contribution in [2.24, 2.45) is 0 Å². The smallest absolute Gasteiger partial charge is 0.388 e. The minimum atomic E-state index is -0.330. The van der Waals surface area contributed by atoms with E-state index < -0.39 is 0 Å². The number of hydrogen-bond donors (Lipinski definition) is 0. The van der Waals surface area contributed by atoms with E-state index in [2.05, 4.69) is 330 Å². The zero-order valence-electron chi connectivity index (χ0n) is 48.9. The second kappa shape index (κ2) is 20.9. The molecule has 1 fully saturated rings. The lowest BCUT2D eigenvalue weighted by Crippen LogP contribution is -2.86. The summed E-state index contributed by atoms with van der Waals surface area (Å²) >= 11 is 0. The van der Waals surface area contributed by atoms with Crippen LogP contribution in [0.15, 0.2) is 285 Å². The van der Waals surface area contributed by atoms with Gasteiger partial charge in [-0.1, -0.05) is 239 Å². The third kappa shape index (κ3) is 8.59. The highest BCUT2D eigenvalue weighted by Gasteiger charge is 2.56. The number of anilines is 3. The second-order valence-corrected chi connectivity index (χ2v) is 24.0. The zero-order chi connectivity index (χ0) is 58.3. The number of benzene rings is 11. The predicted molar refractivity (Wildman–Crippen MR) is 365 cm³/mol. The fourth-order valence-electron chi connectivity index (χ4n) is 14.0. The van der Waals surface area contributed by atoms with Crippen molar-refractivity contribution in [3.8, 4) is 61.7 Å². The molecule has 0 radical (unpaired) electrons. The summed E-state index contributed by atoms with van der Waals surface area (Å²) in [6.45, 7) is 8.30. The first-order valence-electron chi connectivity index (χ1n) is 30.1. The normalized spacial score (nSPS) is 13.1. The predicted octanol–water partition coefficient (Wildman–Crippen LogP) is 15.5. The molecule has 1 aliphatic carbocycles. The van der Waals surface area contributed by atoms with E-state index in [1.165, 1.54) is 27.5 Å².